The Morgan fingerprint density at radius 2 is 1.74 bits per heavy atom. The number of hydrogen-bond donors (Lipinski definition) is 0. The molecule has 0 spiro atoms. The van der Waals surface area contributed by atoms with Gasteiger partial charge in [-0.1, -0.05) is 60.7 Å². The van der Waals surface area contributed by atoms with Gasteiger partial charge in [0.25, 0.3) is 0 Å². The molecule has 0 N–H and O–H groups in total. The van der Waals surface area contributed by atoms with E-state index < -0.39 is 0 Å². The number of carbonyl (C=O) groups excluding carboxylic acids is 1. The summed E-state index contributed by atoms with van der Waals surface area (Å²) >= 11 is 0. The normalized spacial score (nSPS) is 13.9. The van der Waals surface area contributed by atoms with Crippen LogP contribution in [0.1, 0.15) is 24.0 Å². The summed E-state index contributed by atoms with van der Waals surface area (Å²) in [7, 11) is 0. The Kier molecular flexibility index (Phi) is 3.93. The highest BCUT2D eigenvalue weighted by Crippen LogP contribution is 2.32. The lowest BCUT2D eigenvalue weighted by atomic mass is 10.0. The molecule has 0 bridgehead atoms. The van der Waals surface area contributed by atoms with E-state index in [4.69, 9.17) is 4.42 Å². The molecule has 1 aliphatic rings. The van der Waals surface area contributed by atoms with Crippen LogP contribution >= 0.6 is 0 Å². The fourth-order valence-corrected chi connectivity index (χ4v) is 3.86. The molecule has 27 heavy (non-hydrogen) atoms. The summed E-state index contributed by atoms with van der Waals surface area (Å²) in [5, 5.41) is 3.38. The zero-order valence-electron chi connectivity index (χ0n) is 15.1. The SMILES string of the molecule is O=C(Cc1coc2ccc3ccccc3c12)N(Cc1ccccc1)C1CC1. The minimum atomic E-state index is 0.178. The predicted molar refractivity (Wildman–Crippen MR) is 107 cm³/mol. The van der Waals surface area contributed by atoms with Crippen LogP contribution in [0.25, 0.3) is 21.7 Å². The highest BCUT2D eigenvalue weighted by atomic mass is 16.3. The molecule has 1 amide bonds. The first-order chi connectivity index (χ1) is 13.3. The van der Waals surface area contributed by atoms with Crippen molar-refractivity contribution < 1.29 is 9.21 Å². The first-order valence-corrected chi connectivity index (χ1v) is 9.51. The third-order valence-electron chi connectivity index (χ3n) is 5.39. The lowest BCUT2D eigenvalue weighted by Crippen LogP contribution is -2.33. The van der Waals surface area contributed by atoms with Gasteiger partial charge in [-0.2, -0.15) is 0 Å². The molecule has 0 aliphatic heterocycles. The van der Waals surface area contributed by atoms with E-state index in [0.29, 0.717) is 19.0 Å². The van der Waals surface area contributed by atoms with Gasteiger partial charge < -0.3 is 9.32 Å². The van der Waals surface area contributed by atoms with Crippen LogP contribution in [-0.4, -0.2) is 16.8 Å². The van der Waals surface area contributed by atoms with Gasteiger partial charge in [0.15, 0.2) is 0 Å². The molecule has 3 aromatic carbocycles. The van der Waals surface area contributed by atoms with E-state index in [1.807, 2.05) is 41.3 Å². The molecule has 0 atom stereocenters. The fourth-order valence-electron chi connectivity index (χ4n) is 3.86. The van der Waals surface area contributed by atoms with Crippen LogP contribution in [-0.2, 0) is 17.8 Å². The predicted octanol–water partition coefficient (Wildman–Crippen LogP) is 5.32. The monoisotopic (exact) mass is 355 g/mol. The number of benzene rings is 3. The molecule has 1 aromatic heterocycles. The minimum Gasteiger partial charge on any atom is -0.464 e. The quantitative estimate of drug-likeness (QED) is 0.485. The van der Waals surface area contributed by atoms with Crippen LogP contribution < -0.4 is 0 Å². The Morgan fingerprint density at radius 1 is 0.963 bits per heavy atom. The molecule has 0 unspecified atom stereocenters. The molecule has 1 saturated carbocycles. The fraction of sp³-hybridized carbons (Fsp3) is 0.208. The Morgan fingerprint density at radius 3 is 2.56 bits per heavy atom. The Bertz CT molecular complexity index is 1110. The van der Waals surface area contributed by atoms with Crippen molar-refractivity contribution in [2.45, 2.75) is 31.8 Å². The van der Waals surface area contributed by atoms with E-state index in [2.05, 4.69) is 30.3 Å². The van der Waals surface area contributed by atoms with Crippen LogP contribution in [0.4, 0.5) is 0 Å². The van der Waals surface area contributed by atoms with E-state index in [-0.39, 0.29) is 5.91 Å². The van der Waals surface area contributed by atoms with Crippen molar-refractivity contribution >= 4 is 27.6 Å². The molecule has 0 saturated heterocycles. The summed E-state index contributed by atoms with van der Waals surface area (Å²) in [4.78, 5) is 15.2. The maximum Gasteiger partial charge on any atom is 0.227 e. The molecule has 1 aliphatic carbocycles. The second-order valence-electron chi connectivity index (χ2n) is 7.34. The first-order valence-electron chi connectivity index (χ1n) is 9.51. The average Bonchev–Trinajstić information content (AvgIpc) is 3.47. The standard InChI is InChI=1S/C24H21NO2/c26-23(25(20-11-12-20)15-17-6-2-1-3-7-17)14-19-16-27-22-13-10-18-8-4-5-9-21(18)24(19)22/h1-10,13,16,20H,11-12,14-15H2. The van der Waals surface area contributed by atoms with E-state index in [1.165, 1.54) is 10.9 Å². The van der Waals surface area contributed by atoms with Crippen molar-refractivity contribution in [1.29, 1.82) is 0 Å². The average molecular weight is 355 g/mol. The van der Waals surface area contributed by atoms with E-state index in [0.717, 1.165) is 34.8 Å². The van der Waals surface area contributed by atoms with Gasteiger partial charge in [0, 0.05) is 23.5 Å². The van der Waals surface area contributed by atoms with E-state index >= 15 is 0 Å². The molecule has 4 aromatic rings. The Balaban J connectivity index is 1.47. The summed E-state index contributed by atoms with van der Waals surface area (Å²) in [6.07, 6.45) is 4.34. The lowest BCUT2D eigenvalue weighted by Gasteiger charge is -2.22. The molecule has 1 heterocycles. The van der Waals surface area contributed by atoms with Crippen molar-refractivity contribution in [2.24, 2.45) is 0 Å². The van der Waals surface area contributed by atoms with Crippen molar-refractivity contribution in [1.82, 2.24) is 4.90 Å². The zero-order valence-corrected chi connectivity index (χ0v) is 15.1. The van der Waals surface area contributed by atoms with Gasteiger partial charge in [0.2, 0.25) is 5.91 Å². The molecular formula is C24H21NO2. The molecule has 0 radical (unpaired) electrons. The summed E-state index contributed by atoms with van der Waals surface area (Å²) in [6.45, 7) is 0.681. The van der Waals surface area contributed by atoms with E-state index in [9.17, 15) is 4.79 Å². The topological polar surface area (TPSA) is 33.5 Å². The van der Waals surface area contributed by atoms with Crippen LogP contribution in [0.3, 0.4) is 0 Å². The number of amides is 1. The smallest absolute Gasteiger partial charge is 0.227 e. The summed E-state index contributed by atoms with van der Waals surface area (Å²) in [6, 6.07) is 23.0. The molecule has 3 heteroatoms. The zero-order chi connectivity index (χ0) is 18.2. The van der Waals surface area contributed by atoms with Crippen molar-refractivity contribution in [3.8, 4) is 0 Å². The summed E-state index contributed by atoms with van der Waals surface area (Å²) in [5.41, 5.74) is 3.00. The molecular weight excluding hydrogens is 334 g/mol. The number of hydrogen-bond acceptors (Lipinski definition) is 2. The van der Waals surface area contributed by atoms with Gasteiger partial charge in [-0.05, 0) is 35.2 Å². The number of fused-ring (bicyclic) bond motifs is 3. The van der Waals surface area contributed by atoms with Gasteiger partial charge in [0.1, 0.15) is 5.58 Å². The van der Waals surface area contributed by atoms with E-state index in [1.54, 1.807) is 6.26 Å². The third-order valence-corrected chi connectivity index (χ3v) is 5.39. The number of furan rings is 1. The first kappa shape index (κ1) is 16.1. The number of nitrogens with zero attached hydrogens (tertiary/aromatic N) is 1. The van der Waals surface area contributed by atoms with Crippen molar-refractivity contribution in [3.63, 3.8) is 0 Å². The van der Waals surface area contributed by atoms with Gasteiger partial charge in [0.05, 0.1) is 12.7 Å². The maximum absolute atomic E-state index is 13.2. The number of rotatable bonds is 5. The highest BCUT2D eigenvalue weighted by Gasteiger charge is 2.32. The van der Waals surface area contributed by atoms with Crippen LogP contribution in [0.15, 0.2) is 77.4 Å². The summed E-state index contributed by atoms with van der Waals surface area (Å²) < 4.78 is 5.76. The van der Waals surface area contributed by atoms with Crippen molar-refractivity contribution in [2.75, 3.05) is 0 Å². The van der Waals surface area contributed by atoms with Gasteiger partial charge in [-0.25, -0.2) is 0 Å². The second kappa shape index (κ2) is 6.58. The third kappa shape index (κ3) is 3.10. The van der Waals surface area contributed by atoms with Gasteiger partial charge >= 0.3 is 0 Å². The maximum atomic E-state index is 13.2. The molecule has 3 nitrogen and oxygen atoms in total. The molecule has 1 fully saturated rings. The molecule has 5 rings (SSSR count). The van der Waals surface area contributed by atoms with Crippen molar-refractivity contribution in [3.05, 3.63) is 84.1 Å². The molecule has 134 valence electrons. The van der Waals surface area contributed by atoms with Crippen LogP contribution in [0.5, 0.6) is 0 Å². The number of carbonyl (C=O) groups is 1. The van der Waals surface area contributed by atoms with Gasteiger partial charge in [-0.15, -0.1) is 0 Å². The van der Waals surface area contributed by atoms with Crippen LogP contribution in [0.2, 0.25) is 0 Å². The largest absolute Gasteiger partial charge is 0.464 e. The highest BCUT2D eigenvalue weighted by molar-refractivity contribution is 6.08. The Hall–Kier alpha value is -3.07. The minimum absolute atomic E-state index is 0.178. The van der Waals surface area contributed by atoms with Gasteiger partial charge in [-0.3, -0.25) is 4.79 Å². The summed E-state index contributed by atoms with van der Waals surface area (Å²) in [5.74, 6) is 0.178. The lowest BCUT2D eigenvalue weighted by molar-refractivity contribution is -0.131. The second-order valence-corrected chi connectivity index (χ2v) is 7.34. The van der Waals surface area contributed by atoms with Crippen LogP contribution in [0, 0.1) is 0 Å². The Labute approximate surface area is 158 Å².